The molecule has 0 amide bonds. The van der Waals surface area contributed by atoms with E-state index in [-0.39, 0.29) is 6.71 Å². The minimum absolute atomic E-state index is 0.0235. The first-order valence-corrected chi connectivity index (χ1v) is 20.2. The number of furan rings is 1. The van der Waals surface area contributed by atoms with Crippen LogP contribution < -0.4 is 26.0 Å². The summed E-state index contributed by atoms with van der Waals surface area (Å²) in [5.74, 6) is 1.74. The molecule has 0 saturated heterocycles. The molecule has 4 nitrogen and oxygen atoms in total. The number of anilines is 3. The van der Waals surface area contributed by atoms with Crippen LogP contribution in [0.15, 0.2) is 205 Å². The third kappa shape index (κ3) is 4.61. The number of hydrogen-bond donors (Lipinski definition) is 0. The summed E-state index contributed by atoms with van der Waals surface area (Å²) in [6, 6.07) is 71.9. The van der Waals surface area contributed by atoms with Crippen LogP contribution in [0.1, 0.15) is 0 Å². The van der Waals surface area contributed by atoms with Gasteiger partial charge in [0, 0.05) is 44.7 Å². The smallest absolute Gasteiger partial charge is 0.256 e. The van der Waals surface area contributed by atoms with Crippen molar-refractivity contribution in [3.8, 4) is 39.4 Å². The van der Waals surface area contributed by atoms with E-state index in [0.717, 1.165) is 72.7 Å². The summed E-state index contributed by atoms with van der Waals surface area (Å²) in [4.78, 5) is 2.46. The number of fused-ring (bicyclic) bond motifs is 10. The second-order valence-electron chi connectivity index (χ2n) is 15.6. The van der Waals surface area contributed by atoms with E-state index in [1.165, 1.54) is 44.0 Å². The molecular weight excluding hydrogens is 719 g/mol. The monoisotopic (exact) mass is 752 g/mol. The van der Waals surface area contributed by atoms with Crippen molar-refractivity contribution in [2.75, 3.05) is 4.90 Å². The SMILES string of the molecule is c1ccc(-c2cccc3c4cccc(-c5ccccc5)c4n(-c4cc5c6c(c4)N(c4cccc7oc8ccccc8c47)c4ccccc4B6c4ccccc4O5)c23)cc1. The molecule has 0 fully saturated rings. The summed E-state index contributed by atoms with van der Waals surface area (Å²) in [6.45, 7) is -0.0235. The molecule has 0 unspecified atom stereocenters. The highest BCUT2D eigenvalue weighted by Gasteiger charge is 2.42. The van der Waals surface area contributed by atoms with Crippen LogP contribution in [0.3, 0.4) is 0 Å². The number of aromatic nitrogens is 1. The molecule has 5 heteroatoms. The minimum atomic E-state index is -0.0235. The highest BCUT2D eigenvalue weighted by molar-refractivity contribution is 6.99. The number of ether oxygens (including phenoxy) is 1. The minimum Gasteiger partial charge on any atom is -0.458 e. The third-order valence-electron chi connectivity index (χ3n) is 12.4. The van der Waals surface area contributed by atoms with Crippen molar-refractivity contribution in [2.45, 2.75) is 0 Å². The van der Waals surface area contributed by atoms with E-state index in [9.17, 15) is 0 Å². The Bertz CT molecular complexity index is 3400. The van der Waals surface area contributed by atoms with E-state index in [0.29, 0.717) is 0 Å². The Morgan fingerprint density at radius 2 is 0.983 bits per heavy atom. The number of para-hydroxylation sites is 5. The van der Waals surface area contributed by atoms with Gasteiger partial charge >= 0.3 is 0 Å². The second-order valence-corrected chi connectivity index (χ2v) is 15.6. The van der Waals surface area contributed by atoms with Gasteiger partial charge in [-0.1, -0.05) is 158 Å². The van der Waals surface area contributed by atoms with Crippen molar-refractivity contribution in [3.63, 3.8) is 0 Å². The molecule has 274 valence electrons. The molecule has 0 bridgehead atoms. The van der Waals surface area contributed by atoms with Gasteiger partial charge in [0.2, 0.25) is 0 Å². The van der Waals surface area contributed by atoms with Gasteiger partial charge in [0.15, 0.2) is 0 Å². The highest BCUT2D eigenvalue weighted by atomic mass is 16.5. The predicted molar refractivity (Wildman–Crippen MR) is 245 cm³/mol. The zero-order chi connectivity index (χ0) is 38.6. The first kappa shape index (κ1) is 32.3. The van der Waals surface area contributed by atoms with E-state index >= 15 is 0 Å². The molecule has 0 radical (unpaired) electrons. The lowest BCUT2D eigenvalue weighted by Crippen LogP contribution is -2.59. The van der Waals surface area contributed by atoms with E-state index in [2.05, 4.69) is 204 Å². The van der Waals surface area contributed by atoms with Gasteiger partial charge in [0.05, 0.1) is 27.8 Å². The van der Waals surface area contributed by atoms with Gasteiger partial charge in [-0.3, -0.25) is 0 Å². The Balaban J connectivity index is 1.19. The summed E-state index contributed by atoms with van der Waals surface area (Å²) in [6.07, 6.45) is 0. The van der Waals surface area contributed by atoms with E-state index < -0.39 is 0 Å². The standard InChI is InChI=1S/C54H33BN2O2/c1-3-16-34(17-4-1)37-21-13-23-39-40-24-14-22-38(35-18-5-2-6-19-35)54(40)56(53(37)39)36-32-46-52-50(33-36)59-48-30-12-9-26-43(48)55(52)42-25-8-10-27-44(42)57(46)45-28-15-31-49-51(45)41-20-7-11-29-47(41)58-49/h1-33H. The average molecular weight is 753 g/mol. The Kier molecular flexibility index (Phi) is 6.78. The number of rotatable bonds is 4. The zero-order valence-corrected chi connectivity index (χ0v) is 31.8. The van der Waals surface area contributed by atoms with Gasteiger partial charge in [-0.05, 0) is 63.9 Å². The number of hydrogen-bond acceptors (Lipinski definition) is 3. The van der Waals surface area contributed by atoms with Crippen molar-refractivity contribution in [1.29, 1.82) is 0 Å². The maximum Gasteiger partial charge on any atom is 0.256 e. The topological polar surface area (TPSA) is 30.5 Å². The van der Waals surface area contributed by atoms with Crippen LogP contribution in [0, 0.1) is 0 Å². The largest absolute Gasteiger partial charge is 0.458 e. The van der Waals surface area contributed by atoms with Crippen molar-refractivity contribution in [1.82, 2.24) is 4.57 Å². The van der Waals surface area contributed by atoms with Crippen molar-refractivity contribution >= 4 is 83.9 Å². The van der Waals surface area contributed by atoms with Crippen LogP contribution in [0.4, 0.5) is 17.1 Å². The average Bonchev–Trinajstić information content (AvgIpc) is 3.86. The molecule has 0 N–H and O–H groups in total. The summed E-state index contributed by atoms with van der Waals surface area (Å²) < 4.78 is 16.1. The van der Waals surface area contributed by atoms with Gasteiger partial charge in [0.25, 0.3) is 6.71 Å². The molecule has 0 atom stereocenters. The first-order chi connectivity index (χ1) is 29.3. The van der Waals surface area contributed by atoms with Gasteiger partial charge < -0.3 is 18.6 Å². The zero-order valence-electron chi connectivity index (χ0n) is 31.8. The molecule has 13 rings (SSSR count). The quantitative estimate of drug-likeness (QED) is 0.168. The third-order valence-corrected chi connectivity index (χ3v) is 12.4. The fraction of sp³-hybridized carbons (Fsp3) is 0. The van der Waals surface area contributed by atoms with E-state index in [1.807, 2.05) is 6.07 Å². The highest BCUT2D eigenvalue weighted by Crippen LogP contribution is 2.48. The Hall–Kier alpha value is -7.76. The van der Waals surface area contributed by atoms with Crippen molar-refractivity contribution < 1.29 is 9.15 Å². The molecule has 11 aromatic rings. The van der Waals surface area contributed by atoms with E-state index in [4.69, 9.17) is 9.15 Å². The van der Waals surface area contributed by atoms with Crippen LogP contribution in [0.2, 0.25) is 0 Å². The molecular formula is C54H33BN2O2. The molecule has 59 heavy (non-hydrogen) atoms. The molecule has 4 heterocycles. The second kappa shape index (κ2) is 12.4. The number of nitrogens with zero attached hydrogens (tertiary/aromatic N) is 2. The molecule has 0 saturated carbocycles. The number of benzene rings is 9. The summed E-state index contributed by atoms with van der Waals surface area (Å²) in [7, 11) is 0. The maximum absolute atomic E-state index is 7.10. The van der Waals surface area contributed by atoms with E-state index in [1.54, 1.807) is 0 Å². The van der Waals surface area contributed by atoms with Gasteiger partial charge in [-0.15, -0.1) is 0 Å². The summed E-state index contributed by atoms with van der Waals surface area (Å²) >= 11 is 0. The maximum atomic E-state index is 7.10. The van der Waals surface area contributed by atoms with Crippen LogP contribution in [0.5, 0.6) is 11.5 Å². The molecule has 9 aromatic carbocycles. The van der Waals surface area contributed by atoms with Crippen molar-refractivity contribution in [3.05, 3.63) is 200 Å². The van der Waals surface area contributed by atoms with Gasteiger partial charge in [-0.2, -0.15) is 0 Å². The summed E-state index contributed by atoms with van der Waals surface area (Å²) in [5.41, 5.74) is 16.6. The molecule has 2 aromatic heterocycles. The van der Waals surface area contributed by atoms with Crippen LogP contribution >= 0.6 is 0 Å². The lowest BCUT2D eigenvalue weighted by Gasteiger charge is -2.40. The Labute approximate surface area is 340 Å². The van der Waals surface area contributed by atoms with Crippen LogP contribution in [-0.2, 0) is 0 Å². The molecule has 2 aliphatic rings. The lowest BCUT2D eigenvalue weighted by molar-refractivity contribution is 0.487. The molecule has 2 aliphatic heterocycles. The first-order valence-electron chi connectivity index (χ1n) is 20.2. The fourth-order valence-electron chi connectivity index (χ4n) is 10.0. The van der Waals surface area contributed by atoms with Crippen LogP contribution in [-0.4, -0.2) is 11.3 Å². The van der Waals surface area contributed by atoms with Crippen molar-refractivity contribution in [2.24, 2.45) is 0 Å². The Morgan fingerprint density at radius 3 is 1.73 bits per heavy atom. The van der Waals surface area contributed by atoms with Crippen LogP contribution in [0.25, 0.3) is 71.7 Å². The Morgan fingerprint density at radius 1 is 0.407 bits per heavy atom. The fourth-order valence-corrected chi connectivity index (χ4v) is 10.0. The van der Waals surface area contributed by atoms with Gasteiger partial charge in [0.1, 0.15) is 22.7 Å². The normalized spacial score (nSPS) is 12.8. The molecule has 0 spiro atoms. The predicted octanol–water partition coefficient (Wildman–Crippen LogP) is 12.4. The molecule has 0 aliphatic carbocycles. The summed E-state index contributed by atoms with van der Waals surface area (Å²) in [5, 5.41) is 4.58. The van der Waals surface area contributed by atoms with Gasteiger partial charge in [-0.25, -0.2) is 0 Å². The lowest BCUT2D eigenvalue weighted by atomic mass is 9.34.